The van der Waals surface area contributed by atoms with Crippen LogP contribution in [-0.2, 0) is 16.6 Å². The molecule has 20 heavy (non-hydrogen) atoms. The molecule has 2 aromatic rings. The molecule has 0 fully saturated rings. The normalized spacial score (nSPS) is 11.6. The van der Waals surface area contributed by atoms with Crippen molar-refractivity contribution in [1.29, 1.82) is 0 Å². The minimum absolute atomic E-state index is 0.216. The van der Waals surface area contributed by atoms with E-state index >= 15 is 0 Å². The molecular formula is C14H17NO3S2. The van der Waals surface area contributed by atoms with Gasteiger partial charge in [-0.05, 0) is 36.9 Å². The number of nitrogens with zero attached hydrogens (tertiary/aromatic N) is 1. The number of rotatable bonds is 4. The molecule has 2 rings (SSSR count). The van der Waals surface area contributed by atoms with Crippen LogP contribution in [0.5, 0.6) is 0 Å². The van der Waals surface area contributed by atoms with Gasteiger partial charge in [-0.15, -0.1) is 11.3 Å². The summed E-state index contributed by atoms with van der Waals surface area (Å²) in [6.45, 7) is 3.42. The lowest BCUT2D eigenvalue weighted by molar-refractivity contribution is 0.282. The summed E-state index contributed by atoms with van der Waals surface area (Å²) < 4.78 is 26.7. The molecule has 1 N–H and O–H groups in total. The van der Waals surface area contributed by atoms with Gasteiger partial charge >= 0.3 is 0 Å². The van der Waals surface area contributed by atoms with Gasteiger partial charge in [0.25, 0.3) is 10.0 Å². The minimum Gasteiger partial charge on any atom is -0.391 e. The largest absolute Gasteiger partial charge is 0.391 e. The number of aliphatic hydroxyl groups excluding tert-OH is 1. The van der Waals surface area contributed by atoms with E-state index in [0.29, 0.717) is 16.1 Å². The highest BCUT2D eigenvalue weighted by Crippen LogP contribution is 2.31. The molecule has 0 aliphatic heterocycles. The monoisotopic (exact) mass is 311 g/mol. The van der Waals surface area contributed by atoms with Gasteiger partial charge in [-0.1, -0.05) is 17.7 Å². The molecule has 0 spiro atoms. The van der Waals surface area contributed by atoms with Crippen LogP contribution in [-0.4, -0.2) is 20.6 Å². The first-order chi connectivity index (χ1) is 9.37. The van der Waals surface area contributed by atoms with Crippen LogP contribution in [0.3, 0.4) is 0 Å². The summed E-state index contributed by atoms with van der Waals surface area (Å²) in [6, 6.07) is 7.28. The number of hydrogen-bond donors (Lipinski definition) is 1. The van der Waals surface area contributed by atoms with E-state index in [1.807, 2.05) is 19.1 Å². The molecule has 0 unspecified atom stereocenters. The molecular weight excluding hydrogens is 294 g/mol. The van der Waals surface area contributed by atoms with Crippen molar-refractivity contribution in [2.24, 2.45) is 0 Å². The molecule has 0 aliphatic rings. The van der Waals surface area contributed by atoms with Gasteiger partial charge in [-0.25, -0.2) is 8.42 Å². The fourth-order valence-electron chi connectivity index (χ4n) is 1.97. The number of thiophene rings is 1. The third-order valence-electron chi connectivity index (χ3n) is 3.15. The van der Waals surface area contributed by atoms with Crippen LogP contribution in [0.15, 0.2) is 34.5 Å². The molecule has 0 atom stereocenters. The maximum Gasteiger partial charge on any atom is 0.265 e. The fourth-order valence-corrected chi connectivity index (χ4v) is 4.78. The van der Waals surface area contributed by atoms with Crippen LogP contribution < -0.4 is 4.31 Å². The molecule has 0 saturated heterocycles. The van der Waals surface area contributed by atoms with E-state index in [9.17, 15) is 13.5 Å². The topological polar surface area (TPSA) is 57.6 Å². The lowest BCUT2D eigenvalue weighted by atomic mass is 10.2. The van der Waals surface area contributed by atoms with E-state index in [-0.39, 0.29) is 11.5 Å². The minimum atomic E-state index is -3.65. The van der Waals surface area contributed by atoms with E-state index in [1.165, 1.54) is 22.7 Å². The zero-order chi connectivity index (χ0) is 14.9. The molecule has 1 heterocycles. The third kappa shape index (κ3) is 2.59. The van der Waals surface area contributed by atoms with Gasteiger partial charge in [0.05, 0.1) is 17.2 Å². The zero-order valence-electron chi connectivity index (χ0n) is 11.6. The lowest BCUT2D eigenvalue weighted by Crippen LogP contribution is -2.27. The molecule has 0 radical (unpaired) electrons. The van der Waals surface area contributed by atoms with Crippen LogP contribution in [0.25, 0.3) is 0 Å². The van der Waals surface area contributed by atoms with Crippen molar-refractivity contribution in [3.8, 4) is 0 Å². The van der Waals surface area contributed by atoms with Crippen LogP contribution in [0.4, 0.5) is 5.69 Å². The number of benzene rings is 1. The smallest absolute Gasteiger partial charge is 0.265 e. The predicted molar refractivity (Wildman–Crippen MR) is 81.7 cm³/mol. The highest BCUT2D eigenvalue weighted by Gasteiger charge is 2.27. The van der Waals surface area contributed by atoms with E-state index < -0.39 is 10.0 Å². The summed E-state index contributed by atoms with van der Waals surface area (Å²) in [5.74, 6) is 0. The highest BCUT2D eigenvalue weighted by molar-refractivity contribution is 7.93. The van der Waals surface area contributed by atoms with Gasteiger partial charge in [0.2, 0.25) is 0 Å². The summed E-state index contributed by atoms with van der Waals surface area (Å²) in [7, 11) is -2.13. The third-order valence-corrected chi connectivity index (χ3v) is 6.38. The SMILES string of the molecule is Cc1ccc(N(C)S(=O)(=O)c2c(C)csc2CO)cc1. The number of aliphatic hydroxyl groups is 1. The summed E-state index contributed by atoms with van der Waals surface area (Å²) in [5, 5.41) is 11.1. The molecule has 1 aromatic carbocycles. The van der Waals surface area contributed by atoms with Crippen molar-refractivity contribution in [2.75, 3.05) is 11.4 Å². The summed E-state index contributed by atoms with van der Waals surface area (Å²) in [4.78, 5) is 0.689. The molecule has 108 valence electrons. The Morgan fingerprint density at radius 1 is 1.20 bits per heavy atom. The number of hydrogen-bond acceptors (Lipinski definition) is 4. The van der Waals surface area contributed by atoms with Crippen LogP contribution >= 0.6 is 11.3 Å². The maximum absolute atomic E-state index is 12.7. The van der Waals surface area contributed by atoms with Gasteiger partial charge < -0.3 is 5.11 Å². The lowest BCUT2D eigenvalue weighted by Gasteiger charge is -2.20. The Hall–Kier alpha value is -1.37. The van der Waals surface area contributed by atoms with Gasteiger partial charge in [-0.2, -0.15) is 0 Å². The van der Waals surface area contributed by atoms with Crippen molar-refractivity contribution in [1.82, 2.24) is 0 Å². The quantitative estimate of drug-likeness (QED) is 0.944. The van der Waals surface area contributed by atoms with Crippen LogP contribution in [0.2, 0.25) is 0 Å². The molecule has 0 saturated carbocycles. The van der Waals surface area contributed by atoms with Crippen molar-refractivity contribution < 1.29 is 13.5 Å². The molecule has 4 nitrogen and oxygen atoms in total. The maximum atomic E-state index is 12.7. The van der Waals surface area contributed by atoms with Gasteiger partial charge in [0.15, 0.2) is 0 Å². The van der Waals surface area contributed by atoms with Crippen molar-refractivity contribution in [3.63, 3.8) is 0 Å². The van der Waals surface area contributed by atoms with E-state index in [4.69, 9.17) is 0 Å². The Kier molecular flexibility index (Phi) is 4.17. The van der Waals surface area contributed by atoms with Gasteiger partial charge in [-0.3, -0.25) is 4.31 Å². The van der Waals surface area contributed by atoms with Gasteiger partial charge in [0, 0.05) is 7.05 Å². The first kappa shape index (κ1) is 15.0. The molecule has 0 aliphatic carbocycles. The second kappa shape index (κ2) is 5.55. The Morgan fingerprint density at radius 3 is 2.35 bits per heavy atom. The predicted octanol–water partition coefficient (Wildman–Crippen LogP) is 2.68. The highest BCUT2D eigenvalue weighted by atomic mass is 32.2. The van der Waals surface area contributed by atoms with E-state index in [2.05, 4.69) is 0 Å². The average Bonchev–Trinajstić information content (AvgIpc) is 2.80. The second-order valence-electron chi connectivity index (χ2n) is 4.64. The molecule has 1 aromatic heterocycles. The second-order valence-corrected chi connectivity index (χ2v) is 7.51. The number of sulfonamides is 1. The molecule has 0 bridgehead atoms. The zero-order valence-corrected chi connectivity index (χ0v) is 13.3. The van der Waals surface area contributed by atoms with E-state index in [1.54, 1.807) is 24.4 Å². The number of anilines is 1. The van der Waals surface area contributed by atoms with Crippen LogP contribution in [0, 0.1) is 13.8 Å². The Balaban J connectivity index is 2.49. The first-order valence-electron chi connectivity index (χ1n) is 6.11. The summed E-state index contributed by atoms with van der Waals surface area (Å²) in [6.07, 6.45) is 0. The van der Waals surface area contributed by atoms with Gasteiger partial charge in [0.1, 0.15) is 4.90 Å². The fraction of sp³-hybridized carbons (Fsp3) is 0.286. The van der Waals surface area contributed by atoms with Crippen LogP contribution in [0.1, 0.15) is 16.0 Å². The molecule has 0 amide bonds. The summed E-state index contributed by atoms with van der Waals surface area (Å²) >= 11 is 1.26. The molecule has 6 heteroatoms. The Morgan fingerprint density at radius 2 is 1.80 bits per heavy atom. The van der Waals surface area contributed by atoms with E-state index in [0.717, 1.165) is 5.56 Å². The van der Waals surface area contributed by atoms with Crippen molar-refractivity contribution >= 4 is 27.0 Å². The average molecular weight is 311 g/mol. The van der Waals surface area contributed by atoms with Crippen molar-refractivity contribution in [2.45, 2.75) is 25.3 Å². The standard InChI is InChI=1S/C14H17NO3S2/c1-10-4-6-12(7-5-10)15(3)20(17,18)14-11(2)9-19-13(14)8-16/h4-7,9,16H,8H2,1-3H3. The summed E-state index contributed by atoms with van der Waals surface area (Å²) in [5.41, 5.74) is 2.34. The number of aryl methyl sites for hydroxylation is 2. The van der Waals surface area contributed by atoms with Crippen molar-refractivity contribution in [3.05, 3.63) is 45.6 Å². The first-order valence-corrected chi connectivity index (χ1v) is 8.43. The Labute approximate surface area is 123 Å². The Bertz CT molecular complexity index is 703.